The van der Waals surface area contributed by atoms with E-state index in [-0.39, 0.29) is 11.7 Å². The number of rotatable bonds is 3. The first-order valence-corrected chi connectivity index (χ1v) is 10.2. The van der Waals surface area contributed by atoms with E-state index in [0.717, 1.165) is 5.56 Å². The first-order chi connectivity index (χ1) is 14.9. The fourth-order valence-electron chi connectivity index (χ4n) is 4.55. The molecule has 3 aromatic rings. The van der Waals surface area contributed by atoms with Gasteiger partial charge in [0.05, 0.1) is 11.4 Å². The Morgan fingerprint density at radius 1 is 0.871 bits per heavy atom. The molecular formula is C25H22N2O4. The number of carbonyl (C=O) groups excluding carboxylic acids is 2. The van der Waals surface area contributed by atoms with Gasteiger partial charge in [0.1, 0.15) is 17.2 Å². The zero-order valence-corrected chi connectivity index (χ0v) is 17.2. The Morgan fingerprint density at radius 3 is 2.19 bits per heavy atom. The molecule has 31 heavy (non-hydrogen) atoms. The van der Waals surface area contributed by atoms with Crippen LogP contribution < -0.4 is 9.96 Å². The van der Waals surface area contributed by atoms with Crippen LogP contribution in [-0.4, -0.2) is 23.0 Å². The lowest BCUT2D eigenvalue weighted by Crippen LogP contribution is -2.41. The lowest BCUT2D eigenvalue weighted by Gasteiger charge is -2.33. The second-order valence-corrected chi connectivity index (χ2v) is 8.21. The summed E-state index contributed by atoms with van der Waals surface area (Å²) in [6.45, 7) is 3.69. The van der Waals surface area contributed by atoms with E-state index in [1.54, 1.807) is 48.4 Å². The van der Waals surface area contributed by atoms with Gasteiger partial charge in [0.15, 0.2) is 6.10 Å². The molecule has 2 heterocycles. The molecule has 3 atom stereocenters. The number of aromatic hydroxyl groups is 1. The number of para-hydroxylation sites is 2. The topological polar surface area (TPSA) is 70.1 Å². The Balaban J connectivity index is 1.66. The monoisotopic (exact) mass is 414 g/mol. The van der Waals surface area contributed by atoms with Gasteiger partial charge in [0.2, 0.25) is 5.91 Å². The van der Waals surface area contributed by atoms with Crippen molar-refractivity contribution in [3.8, 4) is 5.75 Å². The number of aryl methyl sites for hydroxylation is 1. The number of hydrogen-bond donors (Lipinski definition) is 1. The molecule has 0 aromatic heterocycles. The first-order valence-electron chi connectivity index (χ1n) is 10.2. The lowest BCUT2D eigenvalue weighted by atomic mass is 9.76. The highest BCUT2D eigenvalue weighted by Crippen LogP contribution is 2.56. The number of amides is 2. The Hall–Kier alpha value is -3.64. The third-order valence-corrected chi connectivity index (χ3v) is 6.21. The Morgan fingerprint density at radius 2 is 1.52 bits per heavy atom. The molecule has 0 bridgehead atoms. The quantitative estimate of drug-likeness (QED) is 0.653. The van der Waals surface area contributed by atoms with Gasteiger partial charge < -0.3 is 5.11 Å². The van der Waals surface area contributed by atoms with Gasteiger partial charge >= 0.3 is 0 Å². The normalized spacial score (nSPS) is 25.2. The number of hydrogen-bond acceptors (Lipinski definition) is 5. The predicted molar refractivity (Wildman–Crippen MR) is 116 cm³/mol. The maximum Gasteiger partial charge on any atom is 0.266 e. The van der Waals surface area contributed by atoms with Crippen LogP contribution in [0, 0.1) is 12.3 Å². The van der Waals surface area contributed by atoms with Gasteiger partial charge in [-0.2, -0.15) is 0 Å². The van der Waals surface area contributed by atoms with Crippen molar-refractivity contribution in [1.29, 1.82) is 0 Å². The highest BCUT2D eigenvalue weighted by molar-refractivity contribution is 6.25. The fourth-order valence-corrected chi connectivity index (χ4v) is 4.55. The van der Waals surface area contributed by atoms with Crippen molar-refractivity contribution in [2.24, 2.45) is 5.41 Å². The molecule has 5 rings (SSSR count). The van der Waals surface area contributed by atoms with E-state index in [1.165, 1.54) is 4.90 Å². The maximum atomic E-state index is 13.8. The van der Waals surface area contributed by atoms with Gasteiger partial charge in [-0.05, 0) is 44.2 Å². The number of phenols is 1. The van der Waals surface area contributed by atoms with Gasteiger partial charge in [0, 0.05) is 5.56 Å². The summed E-state index contributed by atoms with van der Waals surface area (Å²) in [4.78, 5) is 34.6. The van der Waals surface area contributed by atoms with E-state index in [9.17, 15) is 14.7 Å². The molecule has 0 radical (unpaired) electrons. The van der Waals surface area contributed by atoms with Crippen molar-refractivity contribution < 1.29 is 19.5 Å². The average molecular weight is 414 g/mol. The predicted octanol–water partition coefficient (Wildman–Crippen LogP) is 4.14. The SMILES string of the molecule is Cc1ccc(N2C(=O)[C@@H]3ON(c4ccccc4)[C@@H](c4ccccc4O)[C@@]3(C)C2=O)cc1. The molecule has 2 saturated heterocycles. The Kier molecular flexibility index (Phi) is 4.34. The van der Waals surface area contributed by atoms with E-state index < -0.39 is 23.5 Å². The molecule has 3 aromatic carbocycles. The molecular weight excluding hydrogens is 392 g/mol. The van der Waals surface area contributed by atoms with Crippen LogP contribution in [0.2, 0.25) is 0 Å². The van der Waals surface area contributed by atoms with E-state index in [4.69, 9.17) is 4.84 Å². The second-order valence-electron chi connectivity index (χ2n) is 8.21. The molecule has 1 N–H and O–H groups in total. The van der Waals surface area contributed by atoms with Crippen LogP contribution in [0.5, 0.6) is 5.75 Å². The number of benzene rings is 3. The summed E-state index contributed by atoms with van der Waals surface area (Å²) in [6.07, 6.45) is -1.01. The van der Waals surface area contributed by atoms with Crippen LogP contribution in [0.15, 0.2) is 78.9 Å². The highest BCUT2D eigenvalue weighted by Gasteiger charge is 2.69. The summed E-state index contributed by atoms with van der Waals surface area (Å²) in [6, 6.07) is 22.7. The number of hydroxylamine groups is 1. The molecule has 2 fully saturated rings. The van der Waals surface area contributed by atoms with Crippen LogP contribution >= 0.6 is 0 Å². The molecule has 0 spiro atoms. The van der Waals surface area contributed by atoms with Crippen molar-refractivity contribution >= 4 is 23.2 Å². The molecule has 0 aliphatic carbocycles. The van der Waals surface area contributed by atoms with Crippen molar-refractivity contribution in [3.63, 3.8) is 0 Å². The zero-order chi connectivity index (χ0) is 21.8. The minimum Gasteiger partial charge on any atom is -0.508 e. The third kappa shape index (κ3) is 2.75. The summed E-state index contributed by atoms with van der Waals surface area (Å²) in [5.74, 6) is -0.707. The van der Waals surface area contributed by atoms with Crippen LogP contribution in [0.1, 0.15) is 24.1 Å². The average Bonchev–Trinajstić information content (AvgIpc) is 3.19. The van der Waals surface area contributed by atoms with Crippen LogP contribution in [0.3, 0.4) is 0 Å². The van der Waals surface area contributed by atoms with Crippen LogP contribution in [0.25, 0.3) is 0 Å². The third-order valence-electron chi connectivity index (χ3n) is 6.21. The van der Waals surface area contributed by atoms with Gasteiger partial charge in [-0.15, -0.1) is 0 Å². The minimum atomic E-state index is -1.23. The zero-order valence-electron chi connectivity index (χ0n) is 17.2. The van der Waals surface area contributed by atoms with E-state index in [0.29, 0.717) is 16.9 Å². The maximum absolute atomic E-state index is 13.8. The van der Waals surface area contributed by atoms with Crippen molar-refractivity contribution in [2.45, 2.75) is 26.0 Å². The lowest BCUT2D eigenvalue weighted by molar-refractivity contribution is -0.128. The summed E-state index contributed by atoms with van der Waals surface area (Å²) >= 11 is 0. The van der Waals surface area contributed by atoms with Crippen molar-refractivity contribution in [2.75, 3.05) is 9.96 Å². The highest BCUT2D eigenvalue weighted by atomic mass is 16.7. The largest absolute Gasteiger partial charge is 0.508 e. The van der Waals surface area contributed by atoms with E-state index in [2.05, 4.69) is 0 Å². The van der Waals surface area contributed by atoms with Crippen molar-refractivity contribution in [3.05, 3.63) is 90.0 Å². The smallest absolute Gasteiger partial charge is 0.266 e. The summed E-state index contributed by atoms with van der Waals surface area (Å²) < 4.78 is 0. The molecule has 6 nitrogen and oxygen atoms in total. The number of anilines is 2. The fraction of sp³-hybridized carbons (Fsp3) is 0.200. The van der Waals surface area contributed by atoms with Gasteiger partial charge in [-0.3, -0.25) is 14.4 Å². The number of phenolic OH excluding ortho intramolecular Hbond substituents is 1. The number of carbonyl (C=O) groups is 2. The van der Waals surface area contributed by atoms with Crippen molar-refractivity contribution in [1.82, 2.24) is 0 Å². The summed E-state index contributed by atoms with van der Waals surface area (Å²) in [5.41, 5.74) is 1.56. The summed E-state index contributed by atoms with van der Waals surface area (Å²) in [7, 11) is 0. The number of imide groups is 1. The van der Waals surface area contributed by atoms with Crippen LogP contribution in [0.4, 0.5) is 11.4 Å². The minimum absolute atomic E-state index is 0.0490. The molecule has 2 aliphatic heterocycles. The van der Waals surface area contributed by atoms with Gasteiger partial charge in [-0.25, -0.2) is 9.96 Å². The molecule has 2 aliphatic rings. The number of nitrogens with zero attached hydrogens (tertiary/aromatic N) is 2. The second kappa shape index (κ2) is 6.96. The molecule has 0 unspecified atom stereocenters. The van der Waals surface area contributed by atoms with Crippen LogP contribution in [-0.2, 0) is 14.4 Å². The van der Waals surface area contributed by atoms with E-state index in [1.807, 2.05) is 49.4 Å². The molecule has 156 valence electrons. The first kappa shape index (κ1) is 19.3. The molecule has 6 heteroatoms. The van der Waals surface area contributed by atoms with E-state index >= 15 is 0 Å². The Labute approximate surface area is 180 Å². The molecule has 0 saturated carbocycles. The Bertz CT molecular complexity index is 1160. The standard InChI is InChI=1S/C25H22N2O4/c1-16-12-14-17(15-13-16)26-23(29)22-25(2,24(26)30)21(19-10-6-7-11-20(19)28)27(31-22)18-8-4-3-5-9-18/h3-15,21-22,28H,1-2H3/t21-,22-,25+/m0/s1. The van der Waals surface area contributed by atoms with Gasteiger partial charge in [-0.1, -0.05) is 54.1 Å². The molecule has 2 amide bonds. The summed E-state index contributed by atoms with van der Waals surface area (Å²) in [5, 5.41) is 12.2. The number of fused-ring (bicyclic) bond motifs is 1. The van der Waals surface area contributed by atoms with Gasteiger partial charge in [0.25, 0.3) is 5.91 Å².